The Morgan fingerprint density at radius 3 is 2.48 bits per heavy atom. The maximum Gasteiger partial charge on any atom is 0.319 e. The standard InChI is InChI=1S/C18H21ClO4/c1-22-17(21)15-14(20)11-18(9-3-2-4-10-18)23-16(15)12-5-7-13(19)8-6-12/h5-8,15-16H,2-4,9-11H2,1H3/t15-,16+/m1/s1. The molecule has 1 aromatic carbocycles. The van der Waals surface area contributed by atoms with Crippen LogP contribution in [-0.4, -0.2) is 24.5 Å². The average Bonchev–Trinajstić information content (AvgIpc) is 2.55. The van der Waals surface area contributed by atoms with Gasteiger partial charge in [0.2, 0.25) is 0 Å². The van der Waals surface area contributed by atoms with Gasteiger partial charge in [-0.3, -0.25) is 9.59 Å². The van der Waals surface area contributed by atoms with Crippen LogP contribution in [0.3, 0.4) is 0 Å². The summed E-state index contributed by atoms with van der Waals surface area (Å²) in [4.78, 5) is 24.9. The van der Waals surface area contributed by atoms with Gasteiger partial charge in [0, 0.05) is 11.4 Å². The van der Waals surface area contributed by atoms with E-state index in [2.05, 4.69) is 0 Å². The van der Waals surface area contributed by atoms with Crippen molar-refractivity contribution >= 4 is 23.4 Å². The number of esters is 1. The smallest absolute Gasteiger partial charge is 0.319 e. The molecule has 1 saturated heterocycles. The molecule has 0 N–H and O–H groups in total. The molecule has 0 radical (unpaired) electrons. The maximum atomic E-state index is 12.7. The van der Waals surface area contributed by atoms with E-state index < -0.39 is 23.6 Å². The van der Waals surface area contributed by atoms with E-state index >= 15 is 0 Å². The summed E-state index contributed by atoms with van der Waals surface area (Å²) in [5.74, 6) is -1.50. The molecule has 2 atom stereocenters. The molecule has 1 aromatic rings. The minimum atomic E-state index is -0.895. The van der Waals surface area contributed by atoms with Gasteiger partial charge in [-0.15, -0.1) is 0 Å². The topological polar surface area (TPSA) is 52.6 Å². The number of hydrogen-bond acceptors (Lipinski definition) is 4. The van der Waals surface area contributed by atoms with Crippen molar-refractivity contribution in [3.05, 3.63) is 34.9 Å². The second-order valence-corrected chi connectivity index (χ2v) is 6.91. The second-order valence-electron chi connectivity index (χ2n) is 6.48. The summed E-state index contributed by atoms with van der Waals surface area (Å²) in [6.07, 6.45) is 4.74. The SMILES string of the molecule is COC(=O)[C@@H]1C(=O)CC2(CCCCC2)O[C@H]1c1ccc(Cl)cc1. The first-order valence-electron chi connectivity index (χ1n) is 8.08. The van der Waals surface area contributed by atoms with Crippen molar-refractivity contribution in [2.45, 2.75) is 50.2 Å². The Morgan fingerprint density at radius 2 is 1.87 bits per heavy atom. The molecule has 1 aliphatic carbocycles. The van der Waals surface area contributed by atoms with Crippen LogP contribution in [0.25, 0.3) is 0 Å². The molecule has 5 heteroatoms. The van der Waals surface area contributed by atoms with E-state index in [1.165, 1.54) is 13.5 Å². The Bertz CT molecular complexity index is 590. The lowest BCUT2D eigenvalue weighted by Crippen LogP contribution is -2.49. The molecule has 1 saturated carbocycles. The van der Waals surface area contributed by atoms with Crippen molar-refractivity contribution in [2.75, 3.05) is 7.11 Å². The van der Waals surface area contributed by atoms with E-state index in [0.29, 0.717) is 11.4 Å². The van der Waals surface area contributed by atoms with Crippen molar-refractivity contribution in [3.8, 4) is 0 Å². The van der Waals surface area contributed by atoms with Crippen LogP contribution in [0, 0.1) is 5.92 Å². The van der Waals surface area contributed by atoms with E-state index in [1.807, 2.05) is 12.1 Å². The van der Waals surface area contributed by atoms with E-state index in [0.717, 1.165) is 31.2 Å². The number of hydrogen-bond donors (Lipinski definition) is 0. The summed E-state index contributed by atoms with van der Waals surface area (Å²) in [6, 6.07) is 7.14. The van der Waals surface area contributed by atoms with E-state index in [4.69, 9.17) is 21.1 Å². The van der Waals surface area contributed by atoms with Crippen molar-refractivity contribution in [1.29, 1.82) is 0 Å². The van der Waals surface area contributed by atoms with Gasteiger partial charge < -0.3 is 9.47 Å². The second kappa shape index (κ2) is 6.62. The predicted molar refractivity (Wildman–Crippen MR) is 86.2 cm³/mol. The van der Waals surface area contributed by atoms with E-state index in [-0.39, 0.29) is 5.78 Å². The lowest BCUT2D eigenvalue weighted by atomic mass is 9.74. The van der Waals surface area contributed by atoms with Gasteiger partial charge in [-0.2, -0.15) is 0 Å². The monoisotopic (exact) mass is 336 g/mol. The highest BCUT2D eigenvalue weighted by Gasteiger charge is 2.50. The molecule has 4 nitrogen and oxygen atoms in total. The normalized spacial score (nSPS) is 27.0. The number of ether oxygens (including phenoxy) is 2. The first kappa shape index (κ1) is 16.5. The first-order chi connectivity index (χ1) is 11.0. The summed E-state index contributed by atoms with van der Waals surface area (Å²) in [7, 11) is 1.31. The number of Topliss-reactive ketones (excluding diaryl/α,β-unsaturated/α-hetero) is 1. The highest BCUT2D eigenvalue weighted by atomic mass is 35.5. The fourth-order valence-corrected chi connectivity index (χ4v) is 3.89. The van der Waals surface area contributed by atoms with Gasteiger partial charge in [-0.25, -0.2) is 0 Å². The van der Waals surface area contributed by atoms with Gasteiger partial charge in [-0.05, 0) is 30.5 Å². The van der Waals surface area contributed by atoms with Crippen LogP contribution < -0.4 is 0 Å². The van der Waals surface area contributed by atoms with Gasteiger partial charge >= 0.3 is 5.97 Å². The van der Waals surface area contributed by atoms with Gasteiger partial charge in [0.1, 0.15) is 12.0 Å². The fraction of sp³-hybridized carbons (Fsp3) is 0.556. The fourth-order valence-electron chi connectivity index (χ4n) is 3.76. The Kier molecular flexibility index (Phi) is 4.74. The number of carbonyl (C=O) groups excluding carboxylic acids is 2. The molecule has 23 heavy (non-hydrogen) atoms. The van der Waals surface area contributed by atoms with Gasteiger partial charge in [0.15, 0.2) is 5.78 Å². The van der Waals surface area contributed by atoms with Crippen molar-refractivity contribution < 1.29 is 19.1 Å². The van der Waals surface area contributed by atoms with E-state index in [9.17, 15) is 9.59 Å². The third kappa shape index (κ3) is 3.29. The molecular formula is C18H21ClO4. The summed E-state index contributed by atoms with van der Waals surface area (Å²) < 4.78 is 11.2. The highest BCUT2D eigenvalue weighted by Crippen LogP contribution is 2.46. The third-order valence-electron chi connectivity index (χ3n) is 4.94. The molecule has 2 fully saturated rings. The number of ketones is 1. The van der Waals surface area contributed by atoms with Crippen LogP contribution >= 0.6 is 11.6 Å². The Labute approximate surface area is 141 Å². The van der Waals surface area contributed by atoms with Gasteiger partial charge in [0.25, 0.3) is 0 Å². The molecule has 0 amide bonds. The molecule has 0 unspecified atom stereocenters. The minimum Gasteiger partial charge on any atom is -0.468 e. The number of benzene rings is 1. The quantitative estimate of drug-likeness (QED) is 0.608. The number of methoxy groups -OCH3 is 1. The average molecular weight is 337 g/mol. The zero-order chi connectivity index (χ0) is 16.4. The van der Waals surface area contributed by atoms with Crippen LogP contribution in [0.4, 0.5) is 0 Å². The van der Waals surface area contributed by atoms with Crippen LogP contribution in [0.5, 0.6) is 0 Å². The molecule has 0 bridgehead atoms. The minimum absolute atomic E-state index is 0.0787. The van der Waals surface area contributed by atoms with Crippen molar-refractivity contribution in [3.63, 3.8) is 0 Å². The summed E-state index contributed by atoms with van der Waals surface area (Å²) >= 11 is 5.95. The Balaban J connectivity index is 1.95. The number of rotatable bonds is 2. The van der Waals surface area contributed by atoms with Crippen LogP contribution in [-0.2, 0) is 19.1 Å². The van der Waals surface area contributed by atoms with Crippen molar-refractivity contribution in [1.82, 2.24) is 0 Å². The molecule has 2 aliphatic rings. The molecule has 1 aliphatic heterocycles. The molecule has 124 valence electrons. The Morgan fingerprint density at radius 1 is 1.22 bits per heavy atom. The van der Waals surface area contributed by atoms with Gasteiger partial charge in [-0.1, -0.05) is 43.0 Å². The predicted octanol–water partition coefficient (Wildman–Crippen LogP) is 3.86. The molecule has 1 spiro atoms. The van der Waals surface area contributed by atoms with E-state index in [1.54, 1.807) is 12.1 Å². The Hall–Kier alpha value is -1.39. The first-order valence-corrected chi connectivity index (χ1v) is 8.46. The van der Waals surface area contributed by atoms with Crippen LogP contribution in [0.1, 0.15) is 50.2 Å². The molecule has 3 rings (SSSR count). The number of carbonyl (C=O) groups is 2. The van der Waals surface area contributed by atoms with Crippen LogP contribution in [0.15, 0.2) is 24.3 Å². The lowest BCUT2D eigenvalue weighted by molar-refractivity contribution is -0.190. The molecule has 1 heterocycles. The summed E-state index contributed by atoms with van der Waals surface area (Å²) in [6.45, 7) is 0. The molecular weight excluding hydrogens is 316 g/mol. The summed E-state index contributed by atoms with van der Waals surface area (Å²) in [5, 5.41) is 0.609. The third-order valence-corrected chi connectivity index (χ3v) is 5.19. The summed E-state index contributed by atoms with van der Waals surface area (Å²) in [5.41, 5.74) is 0.368. The molecule has 0 aromatic heterocycles. The van der Waals surface area contributed by atoms with Crippen molar-refractivity contribution in [2.24, 2.45) is 5.92 Å². The zero-order valence-electron chi connectivity index (χ0n) is 13.2. The highest BCUT2D eigenvalue weighted by molar-refractivity contribution is 6.30. The maximum absolute atomic E-state index is 12.7. The van der Waals surface area contributed by atoms with Gasteiger partial charge in [0.05, 0.1) is 12.7 Å². The zero-order valence-corrected chi connectivity index (χ0v) is 14.0. The lowest BCUT2D eigenvalue weighted by Gasteiger charge is -2.45. The number of halogens is 1. The van der Waals surface area contributed by atoms with Crippen LogP contribution in [0.2, 0.25) is 5.02 Å². The largest absolute Gasteiger partial charge is 0.468 e.